The van der Waals surface area contributed by atoms with Crippen LogP contribution >= 0.6 is 0 Å². The molecule has 0 radical (unpaired) electrons. The molecule has 6 heteroatoms. The average molecular weight is 487 g/mol. The summed E-state index contributed by atoms with van der Waals surface area (Å²) in [7, 11) is 0. The first kappa shape index (κ1) is 25.3. The fourth-order valence-electron chi connectivity index (χ4n) is 4.49. The zero-order chi connectivity index (χ0) is 25.5. The van der Waals surface area contributed by atoms with Gasteiger partial charge >= 0.3 is 12.2 Å². The lowest BCUT2D eigenvalue weighted by Gasteiger charge is -2.39. The molecular formula is C30H34N2O4. The third-order valence-corrected chi connectivity index (χ3v) is 6.20. The Morgan fingerprint density at radius 1 is 0.917 bits per heavy atom. The molecule has 1 aliphatic rings. The molecule has 1 aliphatic heterocycles. The molecule has 0 spiro atoms. The van der Waals surface area contributed by atoms with E-state index in [1.54, 1.807) is 4.90 Å². The molecule has 3 aromatic carbocycles. The number of carbonyl (C=O) groups is 2. The first-order valence-corrected chi connectivity index (χ1v) is 12.4. The van der Waals surface area contributed by atoms with Gasteiger partial charge in [-0.25, -0.2) is 9.59 Å². The van der Waals surface area contributed by atoms with Crippen molar-refractivity contribution in [2.24, 2.45) is 0 Å². The summed E-state index contributed by atoms with van der Waals surface area (Å²) in [6.07, 6.45) is -0.177. The van der Waals surface area contributed by atoms with Crippen LogP contribution in [-0.4, -0.2) is 41.8 Å². The largest absolute Gasteiger partial charge is 0.445 e. The molecule has 0 bridgehead atoms. The van der Waals surface area contributed by atoms with Gasteiger partial charge in [0.2, 0.25) is 0 Å². The summed E-state index contributed by atoms with van der Waals surface area (Å²) in [5.74, 6) is 0.0247. The number of hydrogen-bond acceptors (Lipinski definition) is 4. The summed E-state index contributed by atoms with van der Waals surface area (Å²) in [5, 5.41) is 3.03. The maximum absolute atomic E-state index is 12.8. The van der Waals surface area contributed by atoms with Gasteiger partial charge in [-0.1, -0.05) is 84.9 Å². The number of alkyl carbamates (subject to hydrolysis) is 1. The highest BCUT2D eigenvalue weighted by atomic mass is 16.6. The van der Waals surface area contributed by atoms with Crippen LogP contribution in [0.15, 0.2) is 84.9 Å². The molecule has 188 valence electrons. The molecule has 0 saturated carbocycles. The Balaban J connectivity index is 1.52. The molecule has 1 N–H and O–H groups in total. The van der Waals surface area contributed by atoms with Gasteiger partial charge in [0.05, 0.1) is 6.04 Å². The topological polar surface area (TPSA) is 67.9 Å². The Bertz CT molecular complexity index is 1160. The van der Waals surface area contributed by atoms with E-state index in [0.29, 0.717) is 19.5 Å². The number of nitrogens with one attached hydrogen (secondary N) is 1. The number of ether oxygens (including phenoxy) is 2. The SMILES string of the molecule is CC(C)(C)OC(=O)N1CC[C@H](c2cccc(-c3ccccc3)c2)[C@@H](NC(=O)OCc2ccccc2)C1. The fraction of sp³-hybridized carbons (Fsp3) is 0.333. The number of carbonyl (C=O) groups excluding carboxylic acids is 2. The number of rotatable bonds is 5. The molecule has 4 rings (SSSR count). The first-order valence-electron chi connectivity index (χ1n) is 12.4. The van der Waals surface area contributed by atoms with Crippen LogP contribution in [0.4, 0.5) is 9.59 Å². The molecule has 0 aliphatic carbocycles. The Morgan fingerprint density at radius 3 is 2.28 bits per heavy atom. The van der Waals surface area contributed by atoms with E-state index in [-0.39, 0.29) is 24.7 Å². The van der Waals surface area contributed by atoms with Gasteiger partial charge in [-0.2, -0.15) is 0 Å². The minimum absolute atomic E-state index is 0.0247. The summed E-state index contributed by atoms with van der Waals surface area (Å²) in [4.78, 5) is 27.3. The number of piperidine rings is 1. The third-order valence-electron chi connectivity index (χ3n) is 6.20. The molecule has 1 heterocycles. The minimum atomic E-state index is -0.588. The first-order chi connectivity index (χ1) is 17.3. The Hall–Kier alpha value is -3.80. The van der Waals surface area contributed by atoms with Gasteiger partial charge in [0.15, 0.2) is 0 Å². The van der Waals surface area contributed by atoms with Crippen molar-refractivity contribution < 1.29 is 19.1 Å². The number of likely N-dealkylation sites (tertiary alicyclic amines) is 1. The summed E-state index contributed by atoms with van der Waals surface area (Å²) >= 11 is 0. The second-order valence-corrected chi connectivity index (χ2v) is 10.1. The van der Waals surface area contributed by atoms with E-state index in [4.69, 9.17) is 9.47 Å². The predicted octanol–water partition coefficient (Wildman–Crippen LogP) is 6.37. The maximum Gasteiger partial charge on any atom is 0.410 e. The third kappa shape index (κ3) is 6.87. The molecule has 2 amide bonds. The summed E-state index contributed by atoms with van der Waals surface area (Å²) < 4.78 is 11.1. The van der Waals surface area contributed by atoms with E-state index in [0.717, 1.165) is 22.3 Å². The zero-order valence-corrected chi connectivity index (χ0v) is 21.1. The monoisotopic (exact) mass is 486 g/mol. The van der Waals surface area contributed by atoms with Gasteiger partial charge in [0.25, 0.3) is 0 Å². The summed E-state index contributed by atoms with van der Waals surface area (Å²) in [5.41, 5.74) is 3.70. The van der Waals surface area contributed by atoms with Gasteiger partial charge in [0, 0.05) is 19.0 Å². The Labute approximate surface area is 213 Å². The zero-order valence-electron chi connectivity index (χ0n) is 21.1. The average Bonchev–Trinajstić information content (AvgIpc) is 2.88. The van der Waals surface area contributed by atoms with Crippen molar-refractivity contribution in [3.05, 3.63) is 96.1 Å². The molecule has 3 aromatic rings. The lowest BCUT2D eigenvalue weighted by Crippen LogP contribution is -2.54. The number of benzene rings is 3. The van der Waals surface area contributed by atoms with Gasteiger partial charge in [0.1, 0.15) is 12.2 Å². The van der Waals surface area contributed by atoms with E-state index < -0.39 is 11.7 Å². The van der Waals surface area contributed by atoms with E-state index in [9.17, 15) is 9.59 Å². The van der Waals surface area contributed by atoms with Crippen molar-refractivity contribution in [2.75, 3.05) is 13.1 Å². The maximum atomic E-state index is 12.8. The minimum Gasteiger partial charge on any atom is -0.445 e. The molecular weight excluding hydrogens is 452 g/mol. The van der Waals surface area contributed by atoms with Crippen molar-refractivity contribution in [1.82, 2.24) is 10.2 Å². The molecule has 0 unspecified atom stereocenters. The van der Waals surface area contributed by atoms with Crippen molar-refractivity contribution in [3.8, 4) is 11.1 Å². The number of nitrogens with zero attached hydrogens (tertiary/aromatic N) is 1. The Morgan fingerprint density at radius 2 is 1.58 bits per heavy atom. The van der Waals surface area contributed by atoms with Gasteiger partial charge in [-0.3, -0.25) is 0 Å². The van der Waals surface area contributed by atoms with Crippen LogP contribution in [0.1, 0.15) is 44.2 Å². The van der Waals surface area contributed by atoms with Crippen LogP contribution in [0.25, 0.3) is 11.1 Å². The van der Waals surface area contributed by atoms with Crippen molar-refractivity contribution >= 4 is 12.2 Å². The molecule has 0 aromatic heterocycles. The van der Waals surface area contributed by atoms with Crippen LogP contribution in [0.2, 0.25) is 0 Å². The molecule has 1 fully saturated rings. The van der Waals surface area contributed by atoms with Crippen LogP contribution in [0.3, 0.4) is 0 Å². The van der Waals surface area contributed by atoms with Gasteiger partial charge < -0.3 is 19.7 Å². The van der Waals surface area contributed by atoms with Crippen molar-refractivity contribution in [3.63, 3.8) is 0 Å². The molecule has 36 heavy (non-hydrogen) atoms. The second-order valence-electron chi connectivity index (χ2n) is 10.1. The normalized spacial score (nSPS) is 17.8. The summed E-state index contributed by atoms with van der Waals surface area (Å²) in [6.45, 7) is 6.63. The summed E-state index contributed by atoms with van der Waals surface area (Å²) in [6, 6.07) is 27.9. The van der Waals surface area contributed by atoms with E-state index in [2.05, 4.69) is 35.6 Å². The molecule has 6 nitrogen and oxygen atoms in total. The van der Waals surface area contributed by atoms with E-state index >= 15 is 0 Å². The lowest BCUT2D eigenvalue weighted by atomic mass is 9.84. The van der Waals surface area contributed by atoms with E-state index in [1.165, 1.54) is 0 Å². The second kappa shape index (κ2) is 11.3. The van der Waals surface area contributed by atoms with Crippen LogP contribution in [-0.2, 0) is 16.1 Å². The smallest absolute Gasteiger partial charge is 0.410 e. The number of amides is 2. The Kier molecular flexibility index (Phi) is 7.93. The van der Waals surface area contributed by atoms with Crippen molar-refractivity contribution in [2.45, 2.75) is 51.4 Å². The van der Waals surface area contributed by atoms with Crippen molar-refractivity contribution in [1.29, 1.82) is 0 Å². The molecule has 2 atom stereocenters. The van der Waals surface area contributed by atoms with E-state index in [1.807, 2.05) is 75.4 Å². The highest BCUT2D eigenvalue weighted by Crippen LogP contribution is 2.32. The van der Waals surface area contributed by atoms with Crippen LogP contribution in [0.5, 0.6) is 0 Å². The quantitative estimate of drug-likeness (QED) is 0.455. The van der Waals surface area contributed by atoms with Crippen LogP contribution in [0, 0.1) is 0 Å². The van der Waals surface area contributed by atoms with Gasteiger partial charge in [-0.15, -0.1) is 0 Å². The predicted molar refractivity (Wildman–Crippen MR) is 141 cm³/mol. The van der Waals surface area contributed by atoms with Gasteiger partial charge in [-0.05, 0) is 49.4 Å². The lowest BCUT2D eigenvalue weighted by molar-refractivity contribution is 0.0167. The fourth-order valence-corrected chi connectivity index (χ4v) is 4.49. The van der Waals surface area contributed by atoms with Crippen LogP contribution < -0.4 is 5.32 Å². The highest BCUT2D eigenvalue weighted by molar-refractivity contribution is 5.70. The number of hydrogen-bond donors (Lipinski definition) is 1. The molecule has 1 saturated heterocycles. The standard InChI is InChI=1S/C30H34N2O4/c1-30(2,3)36-29(34)32-18-17-26(25-16-10-15-24(19-25)23-13-8-5-9-14-23)27(20-32)31-28(33)35-21-22-11-6-4-7-12-22/h4-16,19,26-27H,17-18,20-21H2,1-3H3,(H,31,33)/t26-,27+/m1/s1. The highest BCUT2D eigenvalue weighted by Gasteiger charge is 2.35.